The van der Waals surface area contributed by atoms with E-state index in [1.54, 1.807) is 0 Å². The molecule has 72 valence electrons. The molecule has 1 aromatic carbocycles. The molecule has 0 aliphatic heterocycles. The van der Waals surface area contributed by atoms with Gasteiger partial charge in [0.1, 0.15) is 0 Å². The number of H-pyrrole nitrogens is 1. The SMILES string of the molecule is CC(C)c1cccc2[nH]c(C=O)cc12. The van der Waals surface area contributed by atoms with Crippen molar-refractivity contribution in [1.82, 2.24) is 4.98 Å². The summed E-state index contributed by atoms with van der Waals surface area (Å²) in [4.78, 5) is 13.7. The summed E-state index contributed by atoms with van der Waals surface area (Å²) in [6, 6.07) is 8.03. The lowest BCUT2D eigenvalue weighted by atomic mass is 9.99. The molecule has 0 unspecified atom stereocenters. The zero-order valence-corrected chi connectivity index (χ0v) is 8.37. The number of aldehydes is 1. The summed E-state index contributed by atoms with van der Waals surface area (Å²) in [5.74, 6) is 0.481. The predicted octanol–water partition coefficient (Wildman–Crippen LogP) is 3.10. The van der Waals surface area contributed by atoms with Crippen LogP contribution in [0.1, 0.15) is 35.8 Å². The normalized spacial score (nSPS) is 11.1. The Morgan fingerprint density at radius 2 is 2.14 bits per heavy atom. The summed E-state index contributed by atoms with van der Waals surface area (Å²) in [6.45, 7) is 4.31. The molecule has 0 fully saturated rings. The van der Waals surface area contributed by atoms with Gasteiger partial charge in [0.25, 0.3) is 0 Å². The fourth-order valence-electron chi connectivity index (χ4n) is 1.77. The van der Waals surface area contributed by atoms with E-state index in [4.69, 9.17) is 0 Å². The second-order valence-electron chi connectivity index (χ2n) is 3.81. The van der Waals surface area contributed by atoms with Gasteiger partial charge in [0, 0.05) is 10.9 Å². The first-order valence-corrected chi connectivity index (χ1v) is 4.79. The van der Waals surface area contributed by atoms with Crippen LogP contribution in [0.4, 0.5) is 0 Å². The average Bonchev–Trinajstić information content (AvgIpc) is 2.59. The number of benzene rings is 1. The Balaban J connectivity index is 2.72. The Labute approximate surface area is 82.9 Å². The monoisotopic (exact) mass is 187 g/mol. The van der Waals surface area contributed by atoms with Crippen molar-refractivity contribution in [1.29, 1.82) is 0 Å². The first-order valence-electron chi connectivity index (χ1n) is 4.79. The van der Waals surface area contributed by atoms with Gasteiger partial charge in [-0.1, -0.05) is 26.0 Å². The largest absolute Gasteiger partial charge is 0.352 e. The maximum absolute atomic E-state index is 10.6. The Morgan fingerprint density at radius 3 is 2.79 bits per heavy atom. The first kappa shape index (κ1) is 9.00. The predicted molar refractivity (Wildman–Crippen MR) is 57.8 cm³/mol. The van der Waals surface area contributed by atoms with E-state index in [9.17, 15) is 4.79 Å². The van der Waals surface area contributed by atoms with Gasteiger partial charge in [0.05, 0.1) is 5.69 Å². The van der Waals surface area contributed by atoms with Crippen molar-refractivity contribution in [2.24, 2.45) is 0 Å². The summed E-state index contributed by atoms with van der Waals surface area (Å²) in [5, 5.41) is 1.16. The fraction of sp³-hybridized carbons (Fsp3) is 0.250. The minimum absolute atomic E-state index is 0.481. The highest BCUT2D eigenvalue weighted by molar-refractivity contribution is 5.90. The van der Waals surface area contributed by atoms with Crippen molar-refractivity contribution in [2.75, 3.05) is 0 Å². The molecule has 0 bridgehead atoms. The number of fused-ring (bicyclic) bond motifs is 1. The molecule has 2 nitrogen and oxygen atoms in total. The molecular formula is C12H13NO. The highest BCUT2D eigenvalue weighted by Crippen LogP contribution is 2.25. The lowest BCUT2D eigenvalue weighted by molar-refractivity contribution is 0.112. The number of carbonyl (C=O) groups excluding carboxylic acids is 1. The second-order valence-corrected chi connectivity index (χ2v) is 3.81. The average molecular weight is 187 g/mol. The lowest BCUT2D eigenvalue weighted by Crippen LogP contribution is -1.86. The maximum atomic E-state index is 10.6. The third-order valence-corrected chi connectivity index (χ3v) is 2.47. The number of hydrogen-bond donors (Lipinski definition) is 1. The molecule has 1 heterocycles. The van der Waals surface area contributed by atoms with Crippen molar-refractivity contribution in [2.45, 2.75) is 19.8 Å². The number of nitrogens with one attached hydrogen (secondary N) is 1. The lowest BCUT2D eigenvalue weighted by Gasteiger charge is -2.05. The second kappa shape index (κ2) is 3.29. The molecule has 0 amide bonds. The first-order chi connectivity index (χ1) is 6.72. The van der Waals surface area contributed by atoms with Crippen LogP contribution in [0.2, 0.25) is 0 Å². The molecule has 2 aromatic rings. The van der Waals surface area contributed by atoms with E-state index in [1.165, 1.54) is 5.56 Å². The molecule has 1 aromatic heterocycles. The molecule has 2 rings (SSSR count). The minimum Gasteiger partial charge on any atom is -0.352 e. The molecule has 0 spiro atoms. The quantitative estimate of drug-likeness (QED) is 0.720. The van der Waals surface area contributed by atoms with E-state index >= 15 is 0 Å². The van der Waals surface area contributed by atoms with Gasteiger partial charge in [-0.25, -0.2) is 0 Å². The van der Waals surface area contributed by atoms with Gasteiger partial charge in [-0.3, -0.25) is 4.79 Å². The van der Waals surface area contributed by atoms with Crippen molar-refractivity contribution in [3.05, 3.63) is 35.5 Å². The van der Waals surface area contributed by atoms with E-state index in [-0.39, 0.29) is 0 Å². The number of aromatic nitrogens is 1. The molecule has 0 saturated heterocycles. The Bertz CT molecular complexity index is 468. The van der Waals surface area contributed by atoms with Crippen molar-refractivity contribution < 1.29 is 4.79 Å². The van der Waals surface area contributed by atoms with Crippen molar-refractivity contribution >= 4 is 17.2 Å². The molecule has 2 heteroatoms. The zero-order chi connectivity index (χ0) is 10.1. The molecule has 0 saturated carbocycles. The number of aromatic amines is 1. The van der Waals surface area contributed by atoms with Crippen molar-refractivity contribution in [3.63, 3.8) is 0 Å². The maximum Gasteiger partial charge on any atom is 0.166 e. The van der Waals surface area contributed by atoms with Crippen molar-refractivity contribution in [3.8, 4) is 0 Å². The molecule has 0 aliphatic rings. The van der Waals surface area contributed by atoms with Gasteiger partial charge >= 0.3 is 0 Å². The van der Waals surface area contributed by atoms with E-state index in [1.807, 2.05) is 18.2 Å². The fourth-order valence-corrected chi connectivity index (χ4v) is 1.77. The third kappa shape index (κ3) is 1.33. The summed E-state index contributed by atoms with van der Waals surface area (Å²) < 4.78 is 0. The Morgan fingerprint density at radius 1 is 1.36 bits per heavy atom. The molecule has 0 atom stereocenters. The number of carbonyl (C=O) groups is 1. The standard InChI is InChI=1S/C12H13NO/c1-8(2)10-4-3-5-12-11(10)6-9(7-14)13-12/h3-8,13H,1-2H3. The summed E-state index contributed by atoms with van der Waals surface area (Å²) in [7, 11) is 0. The van der Waals surface area contributed by atoms with Crippen LogP contribution in [-0.2, 0) is 0 Å². The van der Waals surface area contributed by atoms with E-state index in [0.29, 0.717) is 11.6 Å². The van der Waals surface area contributed by atoms with Crippen LogP contribution < -0.4 is 0 Å². The van der Waals surface area contributed by atoms with E-state index in [0.717, 1.165) is 17.2 Å². The number of hydrogen-bond acceptors (Lipinski definition) is 1. The highest BCUT2D eigenvalue weighted by atomic mass is 16.1. The van der Waals surface area contributed by atoms with Gasteiger partial charge in [-0.2, -0.15) is 0 Å². The summed E-state index contributed by atoms with van der Waals surface area (Å²) in [5.41, 5.74) is 2.97. The molecule has 0 radical (unpaired) electrons. The smallest absolute Gasteiger partial charge is 0.166 e. The van der Waals surface area contributed by atoms with Crippen LogP contribution in [0, 0.1) is 0 Å². The van der Waals surface area contributed by atoms with Gasteiger partial charge in [-0.15, -0.1) is 0 Å². The summed E-state index contributed by atoms with van der Waals surface area (Å²) >= 11 is 0. The van der Waals surface area contributed by atoms with Crippen LogP contribution in [0.15, 0.2) is 24.3 Å². The van der Waals surface area contributed by atoms with Crippen LogP contribution in [0.5, 0.6) is 0 Å². The van der Waals surface area contributed by atoms with Crippen LogP contribution >= 0.6 is 0 Å². The van der Waals surface area contributed by atoms with Gasteiger partial charge < -0.3 is 4.98 Å². The number of rotatable bonds is 2. The topological polar surface area (TPSA) is 32.9 Å². The van der Waals surface area contributed by atoms with Gasteiger partial charge in [-0.05, 0) is 23.6 Å². The van der Waals surface area contributed by atoms with Crippen LogP contribution in [0.25, 0.3) is 10.9 Å². The Hall–Kier alpha value is -1.57. The van der Waals surface area contributed by atoms with Gasteiger partial charge in [0.2, 0.25) is 0 Å². The molecular weight excluding hydrogens is 174 g/mol. The molecule has 0 aliphatic carbocycles. The Kier molecular flexibility index (Phi) is 2.12. The van der Waals surface area contributed by atoms with Gasteiger partial charge in [0.15, 0.2) is 6.29 Å². The third-order valence-electron chi connectivity index (χ3n) is 2.47. The highest BCUT2D eigenvalue weighted by Gasteiger charge is 2.07. The van der Waals surface area contributed by atoms with Crippen LogP contribution in [0.3, 0.4) is 0 Å². The summed E-state index contributed by atoms with van der Waals surface area (Å²) in [6.07, 6.45) is 0.851. The molecule has 14 heavy (non-hydrogen) atoms. The van der Waals surface area contributed by atoms with E-state index in [2.05, 4.69) is 24.9 Å². The molecule has 1 N–H and O–H groups in total. The van der Waals surface area contributed by atoms with Crippen LogP contribution in [-0.4, -0.2) is 11.3 Å². The van der Waals surface area contributed by atoms with E-state index < -0.39 is 0 Å². The zero-order valence-electron chi connectivity index (χ0n) is 8.37. The minimum atomic E-state index is 0.481.